The van der Waals surface area contributed by atoms with Crippen molar-refractivity contribution >= 4 is 27.9 Å². The standard InChI is InChI=1S/C12H10N2S2/c1-2-4-10(5-3-1)8-16-11-12-14(9-13-11)6-7-15-12/h1-7,9H,8H2. The summed E-state index contributed by atoms with van der Waals surface area (Å²) in [5.74, 6) is 0.978. The van der Waals surface area contributed by atoms with Gasteiger partial charge in [0.1, 0.15) is 16.2 Å². The Kier molecular flexibility index (Phi) is 2.68. The molecule has 16 heavy (non-hydrogen) atoms. The lowest BCUT2D eigenvalue weighted by Crippen LogP contribution is -1.79. The van der Waals surface area contributed by atoms with Crippen molar-refractivity contribution in [3.8, 4) is 0 Å². The minimum absolute atomic E-state index is 0.978. The average Bonchev–Trinajstić information content (AvgIpc) is 2.90. The van der Waals surface area contributed by atoms with Gasteiger partial charge >= 0.3 is 0 Å². The first-order chi connectivity index (χ1) is 7.93. The first-order valence-electron chi connectivity index (χ1n) is 5.00. The molecule has 0 saturated heterocycles. The molecule has 0 bridgehead atoms. The minimum Gasteiger partial charge on any atom is -0.296 e. The Balaban J connectivity index is 1.79. The normalized spacial score (nSPS) is 11.0. The second-order valence-electron chi connectivity index (χ2n) is 3.44. The van der Waals surface area contributed by atoms with Crippen LogP contribution in [0.1, 0.15) is 5.56 Å². The summed E-state index contributed by atoms with van der Waals surface area (Å²) >= 11 is 3.53. The molecular formula is C12H10N2S2. The van der Waals surface area contributed by atoms with Gasteiger partial charge in [-0.3, -0.25) is 4.40 Å². The summed E-state index contributed by atoms with van der Waals surface area (Å²) in [5.41, 5.74) is 1.34. The Morgan fingerprint density at radius 3 is 3.00 bits per heavy atom. The van der Waals surface area contributed by atoms with Crippen LogP contribution in [-0.4, -0.2) is 9.38 Å². The smallest absolute Gasteiger partial charge is 0.133 e. The van der Waals surface area contributed by atoms with E-state index in [0.29, 0.717) is 0 Å². The van der Waals surface area contributed by atoms with Gasteiger partial charge < -0.3 is 0 Å². The van der Waals surface area contributed by atoms with Gasteiger partial charge in [0.05, 0.1) is 0 Å². The van der Waals surface area contributed by atoms with Crippen molar-refractivity contribution < 1.29 is 0 Å². The second-order valence-corrected chi connectivity index (χ2v) is 5.30. The third kappa shape index (κ3) is 1.86. The second kappa shape index (κ2) is 4.31. The van der Waals surface area contributed by atoms with Crippen molar-refractivity contribution in [3.05, 3.63) is 53.8 Å². The molecule has 2 nitrogen and oxygen atoms in total. The van der Waals surface area contributed by atoms with Gasteiger partial charge in [-0.05, 0) is 5.56 Å². The van der Waals surface area contributed by atoms with Gasteiger partial charge in [0.2, 0.25) is 0 Å². The number of benzene rings is 1. The molecule has 0 fully saturated rings. The van der Waals surface area contributed by atoms with Crippen molar-refractivity contribution in [2.45, 2.75) is 10.8 Å². The fraction of sp³-hybridized carbons (Fsp3) is 0.0833. The summed E-state index contributed by atoms with van der Waals surface area (Å²) in [6, 6.07) is 10.5. The molecule has 2 heterocycles. The molecule has 0 spiro atoms. The number of thiazole rings is 1. The maximum absolute atomic E-state index is 4.41. The predicted octanol–water partition coefficient (Wildman–Crippen LogP) is 3.69. The first-order valence-corrected chi connectivity index (χ1v) is 6.87. The van der Waals surface area contributed by atoms with Gasteiger partial charge in [0, 0.05) is 17.3 Å². The summed E-state index contributed by atoms with van der Waals surface area (Å²) < 4.78 is 2.07. The van der Waals surface area contributed by atoms with E-state index >= 15 is 0 Å². The van der Waals surface area contributed by atoms with E-state index in [9.17, 15) is 0 Å². The zero-order valence-corrected chi connectivity index (χ0v) is 10.2. The molecule has 0 saturated carbocycles. The Bertz CT molecular complexity index is 583. The molecule has 0 N–H and O–H groups in total. The monoisotopic (exact) mass is 246 g/mol. The Morgan fingerprint density at radius 1 is 1.25 bits per heavy atom. The Labute approximate surface area is 102 Å². The fourth-order valence-electron chi connectivity index (χ4n) is 1.54. The molecule has 80 valence electrons. The highest BCUT2D eigenvalue weighted by molar-refractivity contribution is 7.98. The number of aromatic nitrogens is 2. The summed E-state index contributed by atoms with van der Waals surface area (Å²) in [4.78, 5) is 5.64. The highest BCUT2D eigenvalue weighted by Crippen LogP contribution is 2.28. The van der Waals surface area contributed by atoms with Crippen LogP contribution in [0.4, 0.5) is 0 Å². The van der Waals surface area contributed by atoms with Crippen molar-refractivity contribution in [1.29, 1.82) is 0 Å². The number of thioether (sulfide) groups is 1. The van der Waals surface area contributed by atoms with Crippen molar-refractivity contribution in [3.63, 3.8) is 0 Å². The SMILES string of the molecule is c1ccc(CSc2ncn3ccsc23)cc1. The molecule has 1 aromatic carbocycles. The number of nitrogens with zero attached hydrogens (tertiary/aromatic N) is 2. The molecule has 0 aliphatic rings. The molecule has 0 atom stereocenters. The molecule has 3 aromatic rings. The number of rotatable bonds is 3. The van der Waals surface area contributed by atoms with Crippen LogP contribution < -0.4 is 0 Å². The van der Waals surface area contributed by atoms with Crippen LogP contribution in [-0.2, 0) is 5.75 Å². The Morgan fingerprint density at radius 2 is 2.12 bits per heavy atom. The molecule has 2 aromatic heterocycles. The van der Waals surface area contributed by atoms with Crippen LogP contribution in [0.15, 0.2) is 53.3 Å². The van der Waals surface area contributed by atoms with E-state index in [1.165, 1.54) is 10.4 Å². The van der Waals surface area contributed by atoms with Crippen LogP contribution in [0.5, 0.6) is 0 Å². The van der Waals surface area contributed by atoms with E-state index in [1.807, 2.05) is 18.6 Å². The maximum Gasteiger partial charge on any atom is 0.133 e. The zero-order chi connectivity index (χ0) is 10.8. The largest absolute Gasteiger partial charge is 0.296 e. The van der Waals surface area contributed by atoms with Crippen molar-refractivity contribution in [1.82, 2.24) is 9.38 Å². The van der Waals surface area contributed by atoms with Gasteiger partial charge in [-0.15, -0.1) is 11.3 Å². The van der Waals surface area contributed by atoms with E-state index in [1.54, 1.807) is 23.1 Å². The molecule has 0 radical (unpaired) electrons. The number of hydrogen-bond acceptors (Lipinski definition) is 3. The molecule has 0 amide bonds. The van der Waals surface area contributed by atoms with Gasteiger partial charge in [0.25, 0.3) is 0 Å². The number of fused-ring (bicyclic) bond motifs is 1. The highest BCUT2D eigenvalue weighted by Gasteiger charge is 2.05. The van der Waals surface area contributed by atoms with E-state index in [-0.39, 0.29) is 0 Å². The maximum atomic E-state index is 4.41. The van der Waals surface area contributed by atoms with E-state index in [2.05, 4.69) is 39.0 Å². The predicted molar refractivity (Wildman–Crippen MR) is 69.1 cm³/mol. The van der Waals surface area contributed by atoms with E-state index in [0.717, 1.165) is 10.8 Å². The number of imidazole rings is 1. The van der Waals surface area contributed by atoms with Gasteiger partial charge in [0.15, 0.2) is 0 Å². The first kappa shape index (κ1) is 9.93. The summed E-state index contributed by atoms with van der Waals surface area (Å²) in [6.45, 7) is 0. The summed E-state index contributed by atoms with van der Waals surface area (Å²) in [6.07, 6.45) is 3.92. The van der Waals surface area contributed by atoms with Crippen LogP contribution in [0.3, 0.4) is 0 Å². The van der Waals surface area contributed by atoms with Crippen LogP contribution in [0.25, 0.3) is 4.83 Å². The lowest BCUT2D eigenvalue weighted by molar-refractivity contribution is 1.15. The fourth-order valence-corrected chi connectivity index (χ4v) is 3.41. The molecule has 0 unspecified atom stereocenters. The van der Waals surface area contributed by atoms with Gasteiger partial charge in [-0.1, -0.05) is 42.1 Å². The molecular weight excluding hydrogens is 236 g/mol. The molecule has 4 heteroatoms. The third-order valence-electron chi connectivity index (χ3n) is 2.34. The van der Waals surface area contributed by atoms with Crippen molar-refractivity contribution in [2.24, 2.45) is 0 Å². The lowest BCUT2D eigenvalue weighted by Gasteiger charge is -1.98. The summed E-state index contributed by atoms with van der Waals surface area (Å²) in [5, 5.41) is 3.21. The third-order valence-corrected chi connectivity index (χ3v) is 4.40. The van der Waals surface area contributed by atoms with E-state index < -0.39 is 0 Å². The van der Waals surface area contributed by atoms with Crippen molar-refractivity contribution in [2.75, 3.05) is 0 Å². The highest BCUT2D eigenvalue weighted by atomic mass is 32.2. The van der Waals surface area contributed by atoms with Crippen LogP contribution in [0.2, 0.25) is 0 Å². The summed E-state index contributed by atoms with van der Waals surface area (Å²) in [7, 11) is 0. The van der Waals surface area contributed by atoms with Gasteiger partial charge in [-0.25, -0.2) is 4.98 Å². The topological polar surface area (TPSA) is 17.3 Å². The zero-order valence-electron chi connectivity index (χ0n) is 8.54. The van der Waals surface area contributed by atoms with Gasteiger partial charge in [-0.2, -0.15) is 0 Å². The lowest BCUT2D eigenvalue weighted by atomic mass is 10.2. The Hall–Kier alpha value is -1.26. The number of hydrogen-bond donors (Lipinski definition) is 0. The minimum atomic E-state index is 0.978. The quantitative estimate of drug-likeness (QED) is 0.656. The molecule has 3 rings (SSSR count). The van der Waals surface area contributed by atoms with E-state index in [4.69, 9.17) is 0 Å². The average molecular weight is 246 g/mol. The molecule has 0 aliphatic carbocycles. The molecule has 0 aliphatic heterocycles. The van der Waals surface area contributed by atoms with Crippen LogP contribution in [0, 0.1) is 0 Å². The van der Waals surface area contributed by atoms with Crippen LogP contribution >= 0.6 is 23.1 Å².